The van der Waals surface area contributed by atoms with E-state index in [1.807, 2.05) is 6.20 Å². The first kappa shape index (κ1) is 16.4. The molecule has 1 fully saturated rings. The number of para-hydroxylation sites is 1. The highest BCUT2D eigenvalue weighted by Gasteiger charge is 2.25. The van der Waals surface area contributed by atoms with E-state index in [2.05, 4.69) is 64.3 Å². The van der Waals surface area contributed by atoms with Crippen molar-refractivity contribution in [3.63, 3.8) is 0 Å². The van der Waals surface area contributed by atoms with E-state index in [0.717, 1.165) is 19.5 Å². The lowest BCUT2D eigenvalue weighted by atomic mass is 9.90. The van der Waals surface area contributed by atoms with Crippen LogP contribution in [0.1, 0.15) is 49.6 Å². The van der Waals surface area contributed by atoms with E-state index in [1.54, 1.807) is 0 Å². The summed E-state index contributed by atoms with van der Waals surface area (Å²) in [5, 5.41) is 8.95. The Morgan fingerprint density at radius 1 is 1.28 bits per heavy atom. The van der Waals surface area contributed by atoms with Gasteiger partial charge >= 0.3 is 0 Å². The van der Waals surface area contributed by atoms with E-state index in [-0.39, 0.29) is 0 Å². The van der Waals surface area contributed by atoms with Crippen molar-refractivity contribution in [2.75, 3.05) is 13.1 Å². The number of piperidine rings is 1. The number of nitrogens with zero attached hydrogens (tertiary/aromatic N) is 2. The van der Waals surface area contributed by atoms with Crippen molar-refractivity contribution in [3.05, 3.63) is 53.5 Å². The second-order valence-corrected chi connectivity index (χ2v) is 7.86. The summed E-state index contributed by atoms with van der Waals surface area (Å²) in [5.74, 6) is 1.25. The predicted octanol–water partition coefficient (Wildman–Crippen LogP) is 4.47. The van der Waals surface area contributed by atoms with Crippen LogP contribution >= 0.6 is 0 Å². The Morgan fingerprint density at radius 2 is 2.16 bits per heavy atom. The molecule has 0 bridgehead atoms. The van der Waals surface area contributed by atoms with Crippen molar-refractivity contribution in [3.8, 4) is 0 Å². The summed E-state index contributed by atoms with van der Waals surface area (Å²) in [6, 6.07) is 10.8. The number of likely N-dealkylation sites (tertiary alicyclic amines) is 1. The summed E-state index contributed by atoms with van der Waals surface area (Å²) in [4.78, 5) is 6.15. The second-order valence-electron chi connectivity index (χ2n) is 7.86. The van der Waals surface area contributed by atoms with Crippen molar-refractivity contribution < 1.29 is 0 Å². The molecule has 4 rings (SSSR count). The van der Waals surface area contributed by atoms with E-state index >= 15 is 0 Å². The van der Waals surface area contributed by atoms with Gasteiger partial charge in [-0.15, -0.1) is 0 Å². The summed E-state index contributed by atoms with van der Waals surface area (Å²) in [5.41, 5.74) is 5.33. The Bertz CT molecular complexity index is 796. The third-order valence-corrected chi connectivity index (χ3v) is 5.27. The van der Waals surface area contributed by atoms with Gasteiger partial charge in [0.05, 0.1) is 6.20 Å². The normalized spacial score (nSPS) is 19.1. The molecule has 0 spiro atoms. The van der Waals surface area contributed by atoms with Gasteiger partial charge in [0.15, 0.2) is 0 Å². The number of rotatable bonds is 5. The fourth-order valence-electron chi connectivity index (χ4n) is 4.17. The molecule has 2 N–H and O–H groups in total. The first-order chi connectivity index (χ1) is 12.2. The third-order valence-electron chi connectivity index (χ3n) is 5.27. The molecule has 25 heavy (non-hydrogen) atoms. The van der Waals surface area contributed by atoms with Crippen LogP contribution in [0.5, 0.6) is 0 Å². The van der Waals surface area contributed by atoms with Crippen LogP contribution in [0.25, 0.3) is 10.9 Å². The van der Waals surface area contributed by atoms with Crippen LogP contribution in [0.15, 0.2) is 36.5 Å². The molecule has 1 unspecified atom stereocenters. The number of hydrogen-bond acceptors (Lipinski definition) is 2. The van der Waals surface area contributed by atoms with Crippen LogP contribution < -0.4 is 0 Å². The Kier molecular flexibility index (Phi) is 4.62. The maximum atomic E-state index is 4.34. The minimum Gasteiger partial charge on any atom is -0.357 e. The quantitative estimate of drug-likeness (QED) is 0.722. The molecule has 2 aromatic heterocycles. The molecule has 1 aliphatic rings. The Hall–Kier alpha value is -2.07. The topological polar surface area (TPSA) is 47.7 Å². The maximum Gasteiger partial charge on any atom is 0.0522 e. The number of H-pyrrole nitrogens is 2. The van der Waals surface area contributed by atoms with E-state index < -0.39 is 0 Å². The fraction of sp³-hybridized carbons (Fsp3) is 0.476. The lowest BCUT2D eigenvalue weighted by Crippen LogP contribution is -2.34. The standard InChI is InChI=1S/C21H28N4/c1-15(2)10-18-12-22-24-21(18)17-7-5-9-25(13-17)14-19-11-16-6-3-4-8-20(16)23-19/h3-4,6,8,11-12,15,17,23H,5,7,9-10,13-14H2,1-2H3,(H,22,24). The van der Waals surface area contributed by atoms with Crippen LogP contribution in [0.2, 0.25) is 0 Å². The van der Waals surface area contributed by atoms with Gasteiger partial charge in [-0.05, 0) is 54.8 Å². The van der Waals surface area contributed by atoms with Gasteiger partial charge in [-0.25, -0.2) is 0 Å². The van der Waals surface area contributed by atoms with Crippen molar-refractivity contribution in [2.24, 2.45) is 5.92 Å². The highest BCUT2D eigenvalue weighted by atomic mass is 15.2. The van der Waals surface area contributed by atoms with Gasteiger partial charge in [0.25, 0.3) is 0 Å². The first-order valence-electron chi connectivity index (χ1n) is 9.50. The van der Waals surface area contributed by atoms with Gasteiger partial charge in [-0.3, -0.25) is 10.00 Å². The van der Waals surface area contributed by atoms with Gasteiger partial charge in [0, 0.05) is 35.9 Å². The summed E-state index contributed by atoms with van der Waals surface area (Å²) in [7, 11) is 0. The van der Waals surface area contributed by atoms with E-state index in [9.17, 15) is 0 Å². The molecular weight excluding hydrogens is 308 g/mol. The zero-order valence-corrected chi connectivity index (χ0v) is 15.3. The van der Waals surface area contributed by atoms with Crippen LogP contribution in [0, 0.1) is 5.92 Å². The molecule has 0 aliphatic carbocycles. The lowest BCUT2D eigenvalue weighted by Gasteiger charge is -2.32. The summed E-state index contributed by atoms with van der Waals surface area (Å²) >= 11 is 0. The van der Waals surface area contributed by atoms with E-state index in [1.165, 1.54) is 47.2 Å². The van der Waals surface area contributed by atoms with Gasteiger partial charge in [-0.1, -0.05) is 32.0 Å². The van der Waals surface area contributed by atoms with E-state index in [4.69, 9.17) is 0 Å². The van der Waals surface area contributed by atoms with Gasteiger partial charge in [0.1, 0.15) is 0 Å². The summed E-state index contributed by atoms with van der Waals surface area (Å²) < 4.78 is 0. The zero-order chi connectivity index (χ0) is 17.2. The molecular formula is C21H28N4. The molecule has 0 saturated carbocycles. The molecule has 1 atom stereocenters. The highest BCUT2D eigenvalue weighted by Crippen LogP contribution is 2.29. The largest absolute Gasteiger partial charge is 0.357 e. The Labute approximate surface area is 149 Å². The van der Waals surface area contributed by atoms with Crippen molar-refractivity contribution in [1.29, 1.82) is 0 Å². The van der Waals surface area contributed by atoms with Crippen molar-refractivity contribution in [2.45, 2.75) is 45.6 Å². The van der Waals surface area contributed by atoms with E-state index in [0.29, 0.717) is 11.8 Å². The molecule has 3 heterocycles. The highest BCUT2D eigenvalue weighted by molar-refractivity contribution is 5.80. The maximum absolute atomic E-state index is 4.34. The van der Waals surface area contributed by atoms with Gasteiger partial charge < -0.3 is 4.98 Å². The summed E-state index contributed by atoms with van der Waals surface area (Å²) in [6.45, 7) is 7.85. The molecule has 1 aromatic carbocycles. The fourth-order valence-corrected chi connectivity index (χ4v) is 4.17. The number of nitrogens with one attached hydrogen (secondary N) is 2. The van der Waals surface area contributed by atoms with Gasteiger partial charge in [0.2, 0.25) is 0 Å². The minimum absolute atomic E-state index is 0.578. The number of benzene rings is 1. The minimum atomic E-state index is 0.578. The molecule has 132 valence electrons. The van der Waals surface area contributed by atoms with Crippen molar-refractivity contribution in [1.82, 2.24) is 20.1 Å². The molecule has 0 radical (unpaired) electrons. The number of fused-ring (bicyclic) bond motifs is 1. The molecule has 4 heteroatoms. The van der Waals surface area contributed by atoms with Gasteiger partial charge in [-0.2, -0.15) is 5.10 Å². The monoisotopic (exact) mass is 336 g/mol. The Morgan fingerprint density at radius 3 is 3.00 bits per heavy atom. The third kappa shape index (κ3) is 3.64. The van der Waals surface area contributed by atoms with Crippen LogP contribution in [-0.4, -0.2) is 33.2 Å². The number of hydrogen-bond donors (Lipinski definition) is 2. The smallest absolute Gasteiger partial charge is 0.0522 e. The number of aromatic amines is 2. The predicted molar refractivity (Wildman–Crippen MR) is 103 cm³/mol. The first-order valence-corrected chi connectivity index (χ1v) is 9.50. The second kappa shape index (κ2) is 7.04. The zero-order valence-electron chi connectivity index (χ0n) is 15.3. The SMILES string of the molecule is CC(C)Cc1cn[nH]c1C1CCCN(Cc2cc3ccccc3[nH]2)C1. The average molecular weight is 336 g/mol. The molecule has 3 aromatic rings. The van der Waals surface area contributed by atoms with Crippen LogP contribution in [-0.2, 0) is 13.0 Å². The molecule has 0 amide bonds. The number of aromatic nitrogens is 3. The molecule has 4 nitrogen and oxygen atoms in total. The van der Waals surface area contributed by atoms with Crippen LogP contribution in [0.3, 0.4) is 0 Å². The average Bonchev–Trinajstić information content (AvgIpc) is 3.20. The molecule has 1 saturated heterocycles. The summed E-state index contributed by atoms with van der Waals surface area (Å²) in [6.07, 6.45) is 5.66. The van der Waals surface area contributed by atoms with Crippen molar-refractivity contribution >= 4 is 10.9 Å². The lowest BCUT2D eigenvalue weighted by molar-refractivity contribution is 0.196. The molecule has 1 aliphatic heterocycles. The van der Waals surface area contributed by atoms with Crippen LogP contribution in [0.4, 0.5) is 0 Å². The Balaban J connectivity index is 1.46.